The van der Waals surface area contributed by atoms with Crippen LogP contribution in [0.4, 0.5) is 0 Å². The van der Waals surface area contributed by atoms with Gasteiger partial charge in [-0.05, 0) is 50.6 Å². The maximum atomic E-state index is 12.0. The Hall–Kier alpha value is -0.870. The molecule has 4 heteroatoms. The number of hydrogen-bond acceptors (Lipinski definition) is 3. The molecule has 0 amide bonds. The van der Waals surface area contributed by atoms with Gasteiger partial charge in [0.05, 0.1) is 17.9 Å². The van der Waals surface area contributed by atoms with Gasteiger partial charge in [-0.25, -0.2) is 0 Å². The first kappa shape index (κ1) is 15.2. The highest BCUT2D eigenvalue weighted by molar-refractivity contribution is 7.85. The van der Waals surface area contributed by atoms with Crippen molar-refractivity contribution in [3.8, 4) is 5.75 Å². The third-order valence-corrected chi connectivity index (χ3v) is 4.30. The van der Waals surface area contributed by atoms with E-state index in [9.17, 15) is 4.21 Å². The minimum Gasteiger partial charge on any atom is -0.497 e. The molecule has 2 atom stereocenters. The van der Waals surface area contributed by atoms with Crippen molar-refractivity contribution < 1.29 is 8.95 Å². The highest BCUT2D eigenvalue weighted by Crippen LogP contribution is 2.15. The molecule has 0 saturated heterocycles. The molecular weight excluding hydrogens is 246 g/mol. The Labute approximate surface area is 112 Å². The van der Waals surface area contributed by atoms with E-state index in [1.165, 1.54) is 0 Å². The van der Waals surface area contributed by atoms with Crippen molar-refractivity contribution in [3.63, 3.8) is 0 Å². The van der Waals surface area contributed by atoms with Gasteiger partial charge in [-0.2, -0.15) is 0 Å². The summed E-state index contributed by atoms with van der Waals surface area (Å²) in [4.78, 5) is 0.881. The van der Waals surface area contributed by atoms with E-state index in [2.05, 4.69) is 19.2 Å². The smallest absolute Gasteiger partial charge is 0.118 e. The molecule has 1 aromatic carbocycles. The van der Waals surface area contributed by atoms with Crippen molar-refractivity contribution in [2.45, 2.75) is 37.6 Å². The van der Waals surface area contributed by atoms with E-state index in [4.69, 9.17) is 4.74 Å². The van der Waals surface area contributed by atoms with Gasteiger partial charge in [-0.3, -0.25) is 4.21 Å². The van der Waals surface area contributed by atoms with Crippen LogP contribution in [0.1, 0.15) is 26.7 Å². The first-order valence-electron chi connectivity index (χ1n) is 6.43. The van der Waals surface area contributed by atoms with Gasteiger partial charge in [0.2, 0.25) is 0 Å². The van der Waals surface area contributed by atoms with Gasteiger partial charge < -0.3 is 10.1 Å². The molecule has 2 unspecified atom stereocenters. The lowest BCUT2D eigenvalue weighted by atomic mass is 10.2. The zero-order valence-electron chi connectivity index (χ0n) is 11.4. The monoisotopic (exact) mass is 269 g/mol. The zero-order valence-corrected chi connectivity index (χ0v) is 12.3. The first-order chi connectivity index (χ1) is 8.67. The average molecular weight is 269 g/mol. The highest BCUT2D eigenvalue weighted by atomic mass is 32.2. The lowest BCUT2D eigenvalue weighted by Gasteiger charge is -2.11. The van der Waals surface area contributed by atoms with Crippen LogP contribution in [-0.4, -0.2) is 29.7 Å². The topological polar surface area (TPSA) is 38.3 Å². The largest absolute Gasteiger partial charge is 0.497 e. The molecule has 1 aromatic rings. The highest BCUT2D eigenvalue weighted by Gasteiger charge is 2.05. The molecule has 0 aliphatic rings. The minimum absolute atomic E-state index is 0.503. The molecule has 18 heavy (non-hydrogen) atoms. The molecule has 102 valence electrons. The summed E-state index contributed by atoms with van der Waals surface area (Å²) in [6.07, 6.45) is 2.04. The van der Waals surface area contributed by atoms with Gasteiger partial charge in [0.1, 0.15) is 5.75 Å². The Balaban J connectivity index is 2.35. The molecule has 0 heterocycles. The van der Waals surface area contributed by atoms with Gasteiger partial charge in [0, 0.05) is 16.7 Å². The summed E-state index contributed by atoms with van der Waals surface area (Å²) in [5, 5.41) is 3.36. The summed E-state index contributed by atoms with van der Waals surface area (Å²) in [5.74, 6) is 1.53. The second kappa shape index (κ2) is 8.27. The molecule has 0 radical (unpaired) electrons. The number of nitrogens with one attached hydrogen (secondary N) is 1. The first-order valence-corrected chi connectivity index (χ1v) is 7.75. The predicted molar refractivity (Wildman–Crippen MR) is 76.6 cm³/mol. The lowest BCUT2D eigenvalue weighted by Crippen LogP contribution is -2.25. The van der Waals surface area contributed by atoms with Crippen LogP contribution in [0.25, 0.3) is 0 Å². The van der Waals surface area contributed by atoms with Crippen LogP contribution in [0.5, 0.6) is 5.75 Å². The fourth-order valence-corrected chi connectivity index (χ4v) is 2.92. The van der Waals surface area contributed by atoms with Crippen molar-refractivity contribution in [2.24, 2.45) is 0 Å². The summed E-state index contributed by atoms with van der Waals surface area (Å²) in [7, 11) is 0.736. The SMILES string of the molecule is CCNC(C)CCCS(=O)c1ccc(OC)cc1. The minimum atomic E-state index is -0.897. The van der Waals surface area contributed by atoms with Crippen LogP contribution in [0.3, 0.4) is 0 Å². The molecule has 3 nitrogen and oxygen atoms in total. The van der Waals surface area contributed by atoms with Crippen LogP contribution >= 0.6 is 0 Å². The van der Waals surface area contributed by atoms with Crippen LogP contribution in [0, 0.1) is 0 Å². The van der Waals surface area contributed by atoms with E-state index in [-0.39, 0.29) is 0 Å². The summed E-state index contributed by atoms with van der Waals surface area (Å²) in [6, 6.07) is 7.97. The summed E-state index contributed by atoms with van der Waals surface area (Å²) < 4.78 is 17.1. The van der Waals surface area contributed by atoms with E-state index in [0.717, 1.165) is 35.8 Å². The maximum Gasteiger partial charge on any atom is 0.118 e. The van der Waals surface area contributed by atoms with Crippen LogP contribution in [-0.2, 0) is 10.8 Å². The molecule has 0 aromatic heterocycles. The van der Waals surface area contributed by atoms with E-state index in [0.29, 0.717) is 6.04 Å². The van der Waals surface area contributed by atoms with Crippen molar-refractivity contribution in [1.82, 2.24) is 5.32 Å². The second-order valence-electron chi connectivity index (χ2n) is 4.33. The number of hydrogen-bond donors (Lipinski definition) is 1. The van der Waals surface area contributed by atoms with Crippen molar-refractivity contribution in [2.75, 3.05) is 19.4 Å². The van der Waals surface area contributed by atoms with E-state index >= 15 is 0 Å². The average Bonchev–Trinajstić information content (AvgIpc) is 2.39. The lowest BCUT2D eigenvalue weighted by molar-refractivity contribution is 0.414. The van der Waals surface area contributed by atoms with Crippen LogP contribution in [0.15, 0.2) is 29.2 Å². The maximum absolute atomic E-state index is 12.0. The van der Waals surface area contributed by atoms with Gasteiger partial charge in [-0.1, -0.05) is 6.92 Å². The molecule has 0 bridgehead atoms. The molecule has 1 rings (SSSR count). The normalized spacial score (nSPS) is 14.2. The Morgan fingerprint density at radius 1 is 1.33 bits per heavy atom. The van der Waals surface area contributed by atoms with Crippen LogP contribution < -0.4 is 10.1 Å². The zero-order chi connectivity index (χ0) is 13.4. The van der Waals surface area contributed by atoms with Gasteiger partial charge in [-0.15, -0.1) is 0 Å². The van der Waals surface area contributed by atoms with Gasteiger partial charge >= 0.3 is 0 Å². The summed E-state index contributed by atoms with van der Waals surface area (Å²) in [6.45, 7) is 5.26. The predicted octanol–water partition coefficient (Wildman–Crippen LogP) is 2.58. The Morgan fingerprint density at radius 3 is 2.56 bits per heavy atom. The number of rotatable bonds is 8. The van der Waals surface area contributed by atoms with Crippen molar-refractivity contribution in [1.29, 1.82) is 0 Å². The Kier molecular flexibility index (Phi) is 6.98. The number of methoxy groups -OCH3 is 1. The summed E-state index contributed by atoms with van der Waals surface area (Å²) in [5.41, 5.74) is 0. The standard InChI is InChI=1S/C14H23NO2S/c1-4-15-12(2)6-5-11-18(16)14-9-7-13(17-3)8-10-14/h7-10,12,15H,4-6,11H2,1-3H3. The molecule has 0 saturated carbocycles. The molecule has 0 aliphatic heterocycles. The third kappa shape index (κ3) is 5.19. The van der Waals surface area contributed by atoms with Crippen molar-refractivity contribution >= 4 is 10.8 Å². The molecule has 1 N–H and O–H groups in total. The molecular formula is C14H23NO2S. The number of ether oxygens (including phenoxy) is 1. The number of benzene rings is 1. The molecule has 0 spiro atoms. The van der Waals surface area contributed by atoms with Gasteiger partial charge in [0.25, 0.3) is 0 Å². The fourth-order valence-electron chi connectivity index (χ4n) is 1.82. The van der Waals surface area contributed by atoms with Crippen LogP contribution in [0.2, 0.25) is 0 Å². The third-order valence-electron chi connectivity index (χ3n) is 2.84. The fraction of sp³-hybridized carbons (Fsp3) is 0.571. The quantitative estimate of drug-likeness (QED) is 0.788. The second-order valence-corrected chi connectivity index (χ2v) is 5.90. The van der Waals surface area contributed by atoms with Gasteiger partial charge in [0.15, 0.2) is 0 Å². The molecule has 0 fully saturated rings. The Bertz CT molecular complexity index is 365. The van der Waals surface area contributed by atoms with E-state index < -0.39 is 10.8 Å². The van der Waals surface area contributed by atoms with E-state index in [1.807, 2.05) is 24.3 Å². The van der Waals surface area contributed by atoms with Crippen molar-refractivity contribution in [3.05, 3.63) is 24.3 Å². The van der Waals surface area contributed by atoms with E-state index in [1.54, 1.807) is 7.11 Å². The summed E-state index contributed by atoms with van der Waals surface area (Å²) >= 11 is 0. The Morgan fingerprint density at radius 2 is 2.00 bits per heavy atom. The molecule has 0 aliphatic carbocycles.